The van der Waals surface area contributed by atoms with E-state index >= 15 is 0 Å². The van der Waals surface area contributed by atoms with Crippen LogP contribution >= 0.6 is 12.2 Å². The molecule has 0 aliphatic heterocycles. The van der Waals surface area contributed by atoms with Gasteiger partial charge in [-0.05, 0) is 12.2 Å². The van der Waals surface area contributed by atoms with Crippen LogP contribution in [0, 0.1) is 4.77 Å². The average Bonchev–Trinajstić information content (AvgIpc) is 1.64. The van der Waals surface area contributed by atoms with Crippen molar-refractivity contribution in [3.05, 3.63) is 27.4 Å². The molecule has 1 heterocycles. The second-order valence-electron chi connectivity index (χ2n) is 1.30. The van der Waals surface area contributed by atoms with Crippen molar-refractivity contribution in [2.45, 2.75) is 0 Å². The Hall–Kier alpha value is -0.277. The maximum absolute atomic E-state index is 10.3. The molecule has 0 radical (unpaired) electrons. The van der Waals surface area contributed by atoms with E-state index in [0.29, 0.717) is 4.77 Å². The summed E-state index contributed by atoms with van der Waals surface area (Å²) in [4.78, 5) is 15.4. The van der Waals surface area contributed by atoms with Crippen LogP contribution in [0.25, 0.3) is 0 Å². The van der Waals surface area contributed by atoms with Gasteiger partial charge in [0.25, 0.3) is 5.56 Å². The fraction of sp³-hybridized carbons (Fsp3) is 0. The Morgan fingerprint density at radius 3 is 2.56 bits per heavy atom. The van der Waals surface area contributed by atoms with Crippen LogP contribution in [0.5, 0.6) is 0 Å². The minimum atomic E-state index is -0.172. The monoisotopic (exact) mass is 192 g/mol. The number of H-pyrrole nitrogens is 2. The zero-order valence-corrected chi connectivity index (χ0v) is 8.46. The van der Waals surface area contributed by atoms with E-state index in [-0.39, 0.29) is 25.0 Å². The van der Waals surface area contributed by atoms with Crippen LogP contribution in [0.1, 0.15) is 0 Å². The second-order valence-corrected chi connectivity index (χ2v) is 1.70. The summed E-state index contributed by atoms with van der Waals surface area (Å²) >= 11 is 4.59. The molecule has 0 aliphatic rings. The van der Waals surface area contributed by atoms with Gasteiger partial charge in [0.15, 0.2) is 4.77 Å². The van der Waals surface area contributed by atoms with E-state index in [0.717, 1.165) is 0 Å². The van der Waals surface area contributed by atoms with Crippen molar-refractivity contribution in [3.63, 3.8) is 0 Å². The Labute approximate surface area is 69.3 Å². The molecular formula is C4H4N2OSZn+2. The summed E-state index contributed by atoms with van der Waals surface area (Å²) in [6.45, 7) is 0. The van der Waals surface area contributed by atoms with Crippen LogP contribution in [-0.2, 0) is 19.5 Å². The summed E-state index contributed by atoms with van der Waals surface area (Å²) in [6, 6.07) is 1.37. The first-order valence-electron chi connectivity index (χ1n) is 2.07. The van der Waals surface area contributed by atoms with Crippen molar-refractivity contribution in [2.75, 3.05) is 0 Å². The zero-order valence-electron chi connectivity index (χ0n) is 4.68. The third-order valence-electron chi connectivity index (χ3n) is 0.686. The van der Waals surface area contributed by atoms with Crippen molar-refractivity contribution < 1.29 is 19.5 Å². The third kappa shape index (κ3) is 2.68. The van der Waals surface area contributed by atoms with Crippen molar-refractivity contribution in [3.8, 4) is 0 Å². The van der Waals surface area contributed by atoms with Crippen molar-refractivity contribution in [1.29, 1.82) is 0 Å². The molecule has 2 N–H and O–H groups in total. The molecule has 0 saturated carbocycles. The van der Waals surface area contributed by atoms with E-state index in [9.17, 15) is 4.79 Å². The third-order valence-corrected chi connectivity index (χ3v) is 0.906. The largest absolute Gasteiger partial charge is 2.00 e. The normalized spacial score (nSPS) is 8.00. The molecule has 1 aromatic heterocycles. The van der Waals surface area contributed by atoms with Crippen LogP contribution in [-0.4, -0.2) is 9.97 Å². The fourth-order valence-electron chi connectivity index (χ4n) is 0.383. The maximum Gasteiger partial charge on any atom is 2.00 e. The Balaban J connectivity index is 0.000000640. The molecule has 1 aromatic rings. The van der Waals surface area contributed by atoms with E-state index in [1.165, 1.54) is 12.3 Å². The van der Waals surface area contributed by atoms with Crippen LogP contribution in [0.15, 0.2) is 17.1 Å². The Morgan fingerprint density at radius 2 is 2.22 bits per heavy atom. The van der Waals surface area contributed by atoms with Gasteiger partial charge in [0.1, 0.15) is 0 Å². The standard InChI is InChI=1S/C4H4N2OS.Zn/c7-3-1-2-5-4(8)6-3;/h1-2H,(H2,5,6,7,8);/q;+2. The SMILES string of the molecule is O=c1cc[nH]c(=S)[nH]1.[Zn+2]. The molecular weight excluding hydrogens is 190 g/mol. The van der Waals surface area contributed by atoms with E-state index < -0.39 is 0 Å². The first kappa shape index (κ1) is 8.72. The molecule has 0 spiro atoms. The molecule has 0 amide bonds. The molecule has 42 valence electrons. The van der Waals surface area contributed by atoms with Gasteiger partial charge in [-0.3, -0.25) is 9.78 Å². The van der Waals surface area contributed by atoms with E-state index in [2.05, 4.69) is 22.2 Å². The summed E-state index contributed by atoms with van der Waals surface area (Å²) in [6.07, 6.45) is 1.50. The van der Waals surface area contributed by atoms with Gasteiger partial charge in [-0.2, -0.15) is 0 Å². The number of rotatable bonds is 0. The summed E-state index contributed by atoms with van der Waals surface area (Å²) < 4.78 is 0.359. The number of hydrogen-bond donors (Lipinski definition) is 2. The first-order valence-corrected chi connectivity index (χ1v) is 2.48. The van der Waals surface area contributed by atoms with Gasteiger partial charge < -0.3 is 4.98 Å². The van der Waals surface area contributed by atoms with Crippen molar-refractivity contribution in [2.24, 2.45) is 0 Å². The van der Waals surface area contributed by atoms with Gasteiger partial charge in [-0.15, -0.1) is 0 Å². The number of aromatic nitrogens is 2. The fourth-order valence-corrected chi connectivity index (χ4v) is 0.551. The topological polar surface area (TPSA) is 48.6 Å². The van der Waals surface area contributed by atoms with Crippen LogP contribution in [0.2, 0.25) is 0 Å². The van der Waals surface area contributed by atoms with Crippen LogP contribution < -0.4 is 5.56 Å². The molecule has 0 aromatic carbocycles. The quantitative estimate of drug-likeness (QED) is 0.464. The second kappa shape index (κ2) is 3.69. The molecule has 0 atom stereocenters. The Kier molecular flexibility index (Phi) is 3.58. The zero-order chi connectivity index (χ0) is 5.98. The molecule has 0 fully saturated rings. The Morgan fingerprint density at radius 1 is 1.56 bits per heavy atom. The molecule has 5 heteroatoms. The average molecular weight is 194 g/mol. The van der Waals surface area contributed by atoms with Gasteiger partial charge >= 0.3 is 19.5 Å². The Bertz CT molecular complexity index is 253. The summed E-state index contributed by atoms with van der Waals surface area (Å²) in [5, 5.41) is 0. The molecule has 0 saturated heterocycles. The molecule has 0 unspecified atom stereocenters. The summed E-state index contributed by atoms with van der Waals surface area (Å²) in [7, 11) is 0. The first-order chi connectivity index (χ1) is 3.79. The smallest absolute Gasteiger partial charge is 0.339 e. The van der Waals surface area contributed by atoms with Gasteiger partial charge in [0, 0.05) is 12.3 Å². The summed E-state index contributed by atoms with van der Waals surface area (Å²) in [5.74, 6) is 0. The maximum atomic E-state index is 10.3. The van der Waals surface area contributed by atoms with Gasteiger partial charge in [-0.25, -0.2) is 0 Å². The molecule has 0 bridgehead atoms. The van der Waals surface area contributed by atoms with E-state index in [1.807, 2.05) is 0 Å². The molecule has 9 heavy (non-hydrogen) atoms. The molecule has 3 nitrogen and oxygen atoms in total. The number of nitrogens with one attached hydrogen (secondary N) is 2. The van der Waals surface area contributed by atoms with Gasteiger partial charge in [-0.1, -0.05) is 0 Å². The van der Waals surface area contributed by atoms with Crippen LogP contribution in [0.4, 0.5) is 0 Å². The number of hydrogen-bond acceptors (Lipinski definition) is 2. The van der Waals surface area contributed by atoms with E-state index in [4.69, 9.17) is 0 Å². The molecule has 1 rings (SSSR count). The number of aromatic amines is 2. The van der Waals surface area contributed by atoms with Crippen molar-refractivity contribution >= 4 is 12.2 Å². The predicted octanol–water partition coefficient (Wildman–Crippen LogP) is 0.430. The summed E-state index contributed by atoms with van der Waals surface area (Å²) in [5.41, 5.74) is -0.172. The minimum absolute atomic E-state index is 0. The van der Waals surface area contributed by atoms with Crippen molar-refractivity contribution in [1.82, 2.24) is 9.97 Å². The van der Waals surface area contributed by atoms with Crippen LogP contribution in [0.3, 0.4) is 0 Å². The molecule has 0 aliphatic carbocycles. The predicted molar refractivity (Wildman–Crippen MR) is 32.2 cm³/mol. The minimum Gasteiger partial charge on any atom is -0.339 e. The van der Waals surface area contributed by atoms with Gasteiger partial charge in [0.2, 0.25) is 0 Å². The van der Waals surface area contributed by atoms with Gasteiger partial charge in [0.05, 0.1) is 0 Å². The van der Waals surface area contributed by atoms with E-state index in [1.54, 1.807) is 0 Å².